The average molecular weight is 366 g/mol. The molecule has 0 saturated heterocycles. The van der Waals surface area contributed by atoms with E-state index in [-0.39, 0.29) is 31.0 Å². The van der Waals surface area contributed by atoms with E-state index in [0.717, 1.165) is 16.8 Å². The van der Waals surface area contributed by atoms with Gasteiger partial charge >= 0.3 is 0 Å². The van der Waals surface area contributed by atoms with Crippen LogP contribution in [0.3, 0.4) is 0 Å². The number of thiophene rings is 1. The highest BCUT2D eigenvalue weighted by Crippen LogP contribution is 2.20. The fourth-order valence-corrected chi connectivity index (χ4v) is 3.41. The van der Waals surface area contributed by atoms with Crippen molar-refractivity contribution in [2.24, 2.45) is 0 Å². The van der Waals surface area contributed by atoms with Gasteiger partial charge in [0.05, 0.1) is 24.2 Å². The van der Waals surface area contributed by atoms with Gasteiger partial charge in [0.25, 0.3) is 5.56 Å². The van der Waals surface area contributed by atoms with E-state index in [0.29, 0.717) is 10.2 Å². The van der Waals surface area contributed by atoms with Crippen LogP contribution in [0.2, 0.25) is 0 Å². The third kappa shape index (κ3) is 3.51. The first-order chi connectivity index (χ1) is 12.5. The Morgan fingerprint density at radius 3 is 2.85 bits per heavy atom. The number of hydrogen-bond acceptors (Lipinski definition) is 5. The molecule has 0 spiro atoms. The van der Waals surface area contributed by atoms with Crippen molar-refractivity contribution in [2.45, 2.75) is 26.8 Å². The highest BCUT2D eigenvalue weighted by Gasteiger charge is 2.18. The summed E-state index contributed by atoms with van der Waals surface area (Å²) in [6.07, 6.45) is 1.62. The zero-order chi connectivity index (χ0) is 18.7. The van der Waals surface area contributed by atoms with E-state index in [9.17, 15) is 9.59 Å². The Bertz CT molecular complexity index is 1060. The molecule has 1 amide bonds. The van der Waals surface area contributed by atoms with Crippen LogP contribution in [-0.2, 0) is 11.3 Å². The maximum atomic E-state index is 12.9. The highest BCUT2D eigenvalue weighted by atomic mass is 32.1. The van der Waals surface area contributed by atoms with Crippen LogP contribution in [-0.4, -0.2) is 22.0 Å². The van der Waals surface area contributed by atoms with Gasteiger partial charge in [-0.25, -0.2) is 4.98 Å². The Kier molecular flexibility index (Phi) is 5.14. The van der Waals surface area contributed by atoms with Crippen molar-refractivity contribution in [3.8, 4) is 6.07 Å². The Balaban J connectivity index is 1.91. The SMILES string of the molecule is Cc1ccc(N(CCC#N)C(=O)Cn2cnc3sccc3c2=O)cc1C. The molecule has 0 aliphatic rings. The molecule has 2 aromatic heterocycles. The summed E-state index contributed by atoms with van der Waals surface area (Å²) in [6, 6.07) is 9.52. The first-order valence-electron chi connectivity index (χ1n) is 8.18. The lowest BCUT2D eigenvalue weighted by atomic mass is 10.1. The van der Waals surface area contributed by atoms with Gasteiger partial charge in [0.15, 0.2) is 0 Å². The van der Waals surface area contributed by atoms with Crippen LogP contribution in [0.4, 0.5) is 5.69 Å². The molecule has 0 bridgehead atoms. The van der Waals surface area contributed by atoms with Crippen molar-refractivity contribution >= 4 is 33.1 Å². The second-order valence-corrected chi connectivity index (χ2v) is 6.93. The molecule has 0 saturated carbocycles. The highest BCUT2D eigenvalue weighted by molar-refractivity contribution is 7.16. The van der Waals surface area contributed by atoms with E-state index < -0.39 is 0 Å². The van der Waals surface area contributed by atoms with E-state index in [1.54, 1.807) is 16.3 Å². The number of nitrogens with zero attached hydrogens (tertiary/aromatic N) is 4. The van der Waals surface area contributed by atoms with Crippen LogP contribution in [0.25, 0.3) is 10.2 Å². The molecule has 7 heteroatoms. The predicted molar refractivity (Wildman–Crippen MR) is 102 cm³/mol. The largest absolute Gasteiger partial charge is 0.310 e. The monoisotopic (exact) mass is 366 g/mol. The molecule has 0 N–H and O–H groups in total. The minimum atomic E-state index is -0.248. The third-order valence-corrected chi connectivity index (χ3v) is 5.13. The van der Waals surface area contributed by atoms with Gasteiger partial charge in [0.2, 0.25) is 5.91 Å². The van der Waals surface area contributed by atoms with Gasteiger partial charge in [0, 0.05) is 12.2 Å². The number of aryl methyl sites for hydroxylation is 2. The Morgan fingerprint density at radius 2 is 2.12 bits per heavy atom. The lowest BCUT2D eigenvalue weighted by Crippen LogP contribution is -2.37. The van der Waals surface area contributed by atoms with Crippen molar-refractivity contribution in [2.75, 3.05) is 11.4 Å². The number of carbonyl (C=O) groups is 1. The number of rotatable bonds is 5. The van der Waals surface area contributed by atoms with Crippen molar-refractivity contribution in [1.29, 1.82) is 5.26 Å². The average Bonchev–Trinajstić information content (AvgIpc) is 3.10. The fourth-order valence-electron chi connectivity index (χ4n) is 2.69. The van der Waals surface area contributed by atoms with Gasteiger partial charge < -0.3 is 4.90 Å². The Labute approximate surface area is 154 Å². The van der Waals surface area contributed by atoms with Crippen molar-refractivity contribution in [3.05, 3.63) is 57.5 Å². The molecule has 6 nitrogen and oxygen atoms in total. The third-order valence-electron chi connectivity index (χ3n) is 4.31. The molecule has 0 aliphatic carbocycles. The summed E-state index contributed by atoms with van der Waals surface area (Å²) in [6.45, 7) is 4.14. The van der Waals surface area contributed by atoms with Crippen LogP contribution < -0.4 is 10.5 Å². The second-order valence-electron chi connectivity index (χ2n) is 6.04. The van der Waals surface area contributed by atoms with Crippen molar-refractivity contribution in [3.63, 3.8) is 0 Å². The number of amides is 1. The summed E-state index contributed by atoms with van der Waals surface area (Å²) in [7, 11) is 0. The molecular formula is C19H18N4O2S. The first-order valence-corrected chi connectivity index (χ1v) is 9.06. The number of fused-ring (bicyclic) bond motifs is 1. The number of carbonyl (C=O) groups excluding carboxylic acids is 1. The van der Waals surface area contributed by atoms with Gasteiger partial charge in [-0.1, -0.05) is 6.07 Å². The van der Waals surface area contributed by atoms with Gasteiger partial charge in [0.1, 0.15) is 11.4 Å². The second kappa shape index (κ2) is 7.50. The number of hydrogen-bond donors (Lipinski definition) is 0. The summed E-state index contributed by atoms with van der Waals surface area (Å²) in [5.74, 6) is -0.248. The van der Waals surface area contributed by atoms with Gasteiger partial charge in [-0.2, -0.15) is 5.26 Å². The Hall–Kier alpha value is -2.98. The lowest BCUT2D eigenvalue weighted by Gasteiger charge is -2.23. The topological polar surface area (TPSA) is 79.0 Å². The maximum absolute atomic E-state index is 12.9. The van der Waals surface area contributed by atoms with Crippen molar-refractivity contribution < 1.29 is 4.79 Å². The minimum Gasteiger partial charge on any atom is -0.310 e. The van der Waals surface area contributed by atoms with Gasteiger partial charge in [-0.15, -0.1) is 11.3 Å². The fraction of sp³-hybridized carbons (Fsp3) is 0.263. The number of aromatic nitrogens is 2. The molecule has 1 aromatic carbocycles. The molecule has 3 aromatic rings. The minimum absolute atomic E-state index is 0.115. The summed E-state index contributed by atoms with van der Waals surface area (Å²) in [5, 5.41) is 11.2. The number of benzene rings is 1. The zero-order valence-corrected chi connectivity index (χ0v) is 15.4. The molecule has 0 atom stereocenters. The molecular weight excluding hydrogens is 348 g/mol. The predicted octanol–water partition coefficient (Wildman–Crippen LogP) is 3.02. The molecule has 0 radical (unpaired) electrons. The summed E-state index contributed by atoms with van der Waals surface area (Å²) >= 11 is 1.39. The number of anilines is 1. The quantitative estimate of drug-likeness (QED) is 0.695. The van der Waals surface area contributed by atoms with Crippen LogP contribution >= 0.6 is 11.3 Å². The van der Waals surface area contributed by atoms with E-state index in [1.165, 1.54) is 22.2 Å². The Morgan fingerprint density at radius 1 is 1.31 bits per heavy atom. The van der Waals surface area contributed by atoms with E-state index in [1.807, 2.05) is 32.0 Å². The zero-order valence-electron chi connectivity index (χ0n) is 14.6. The molecule has 3 rings (SSSR count). The van der Waals surface area contributed by atoms with Gasteiger partial charge in [-0.05, 0) is 48.6 Å². The van der Waals surface area contributed by atoms with E-state index in [2.05, 4.69) is 11.1 Å². The summed E-state index contributed by atoms with van der Waals surface area (Å²) in [5.41, 5.74) is 2.69. The first kappa shape index (κ1) is 17.8. The van der Waals surface area contributed by atoms with Crippen LogP contribution in [0.1, 0.15) is 17.5 Å². The van der Waals surface area contributed by atoms with Crippen LogP contribution in [0.5, 0.6) is 0 Å². The van der Waals surface area contributed by atoms with Crippen LogP contribution in [0, 0.1) is 25.2 Å². The summed E-state index contributed by atoms with van der Waals surface area (Å²) in [4.78, 5) is 31.8. The lowest BCUT2D eigenvalue weighted by molar-refractivity contribution is -0.119. The van der Waals surface area contributed by atoms with E-state index in [4.69, 9.17) is 5.26 Å². The molecule has 0 aliphatic heterocycles. The number of nitriles is 1. The standard InChI is InChI=1S/C19H18N4O2S/c1-13-4-5-15(10-14(13)2)23(8-3-7-20)17(24)11-22-12-21-18-16(19(22)25)6-9-26-18/h4-6,9-10,12H,3,8,11H2,1-2H3. The molecule has 2 heterocycles. The van der Waals surface area contributed by atoms with Crippen LogP contribution in [0.15, 0.2) is 40.8 Å². The van der Waals surface area contributed by atoms with Gasteiger partial charge in [-0.3, -0.25) is 14.2 Å². The molecule has 0 fully saturated rings. The smallest absolute Gasteiger partial charge is 0.262 e. The normalized spacial score (nSPS) is 10.7. The summed E-state index contributed by atoms with van der Waals surface area (Å²) < 4.78 is 1.32. The van der Waals surface area contributed by atoms with Crippen molar-refractivity contribution in [1.82, 2.24) is 9.55 Å². The maximum Gasteiger partial charge on any atom is 0.262 e. The molecule has 26 heavy (non-hydrogen) atoms. The molecule has 132 valence electrons. The molecule has 0 unspecified atom stereocenters. The van der Waals surface area contributed by atoms with E-state index >= 15 is 0 Å².